The van der Waals surface area contributed by atoms with Crippen LogP contribution in [-0.2, 0) is 4.79 Å². The fourth-order valence-electron chi connectivity index (χ4n) is 2.11. The van der Waals surface area contributed by atoms with Crippen molar-refractivity contribution in [1.29, 1.82) is 0 Å². The number of nitrogens with one attached hydrogen (secondary N) is 2. The summed E-state index contributed by atoms with van der Waals surface area (Å²) in [5, 5.41) is 17.1. The first-order chi connectivity index (χ1) is 13.0. The van der Waals surface area contributed by atoms with Gasteiger partial charge in [-0.1, -0.05) is 12.1 Å². The predicted molar refractivity (Wildman–Crippen MR) is 105 cm³/mol. The number of benzene rings is 2. The Balaban J connectivity index is 1.68. The molecule has 2 aromatic carbocycles. The van der Waals surface area contributed by atoms with Gasteiger partial charge in [0.2, 0.25) is 5.91 Å². The van der Waals surface area contributed by atoms with Crippen LogP contribution in [0.15, 0.2) is 58.1 Å². The highest BCUT2D eigenvalue weighted by molar-refractivity contribution is 9.10. The zero-order valence-corrected chi connectivity index (χ0v) is 15.8. The van der Waals surface area contributed by atoms with Crippen LogP contribution in [0.5, 0.6) is 0 Å². The van der Waals surface area contributed by atoms with E-state index in [2.05, 4.69) is 31.8 Å². The van der Waals surface area contributed by atoms with Crippen LogP contribution in [0.3, 0.4) is 0 Å². The van der Waals surface area contributed by atoms with Gasteiger partial charge in [0.25, 0.3) is 11.6 Å². The molecule has 0 saturated heterocycles. The first-order valence-corrected chi connectivity index (χ1v) is 8.86. The second-order valence-electron chi connectivity index (χ2n) is 5.48. The van der Waals surface area contributed by atoms with E-state index >= 15 is 0 Å². The van der Waals surface area contributed by atoms with E-state index in [1.54, 1.807) is 18.2 Å². The summed E-state index contributed by atoms with van der Waals surface area (Å²) in [5.74, 6) is -0.498. The number of nitro groups is 1. The van der Waals surface area contributed by atoms with Crippen molar-refractivity contribution in [1.82, 2.24) is 10.7 Å². The summed E-state index contributed by atoms with van der Waals surface area (Å²) in [5.41, 5.74) is 3.52. The van der Waals surface area contributed by atoms with Crippen LogP contribution in [0, 0.1) is 10.1 Å². The van der Waals surface area contributed by atoms with E-state index in [-0.39, 0.29) is 23.9 Å². The molecule has 2 amide bonds. The van der Waals surface area contributed by atoms with Crippen molar-refractivity contribution < 1.29 is 14.5 Å². The van der Waals surface area contributed by atoms with Crippen molar-refractivity contribution in [3.8, 4) is 0 Å². The molecule has 0 spiro atoms. The number of carbonyl (C=O) groups is 2. The molecule has 2 N–H and O–H groups in total. The van der Waals surface area contributed by atoms with E-state index in [9.17, 15) is 19.7 Å². The van der Waals surface area contributed by atoms with Gasteiger partial charge >= 0.3 is 0 Å². The minimum atomic E-state index is -0.488. The van der Waals surface area contributed by atoms with Crippen molar-refractivity contribution in [3.63, 3.8) is 0 Å². The third-order valence-electron chi connectivity index (χ3n) is 3.49. The summed E-state index contributed by atoms with van der Waals surface area (Å²) in [6, 6.07) is 12.9. The van der Waals surface area contributed by atoms with Crippen molar-refractivity contribution in [3.05, 3.63) is 74.2 Å². The van der Waals surface area contributed by atoms with Gasteiger partial charge in [-0.2, -0.15) is 5.10 Å². The second kappa shape index (κ2) is 10.2. The maximum absolute atomic E-state index is 12.0. The maximum atomic E-state index is 12.0. The Labute approximate surface area is 163 Å². The monoisotopic (exact) mass is 432 g/mol. The number of halogens is 1. The minimum Gasteiger partial charge on any atom is -0.352 e. The molecule has 0 heterocycles. The quantitative estimate of drug-likeness (QED) is 0.288. The maximum Gasteiger partial charge on any atom is 0.269 e. The van der Waals surface area contributed by atoms with Crippen LogP contribution in [-0.4, -0.2) is 29.5 Å². The van der Waals surface area contributed by atoms with Crippen LogP contribution in [0.4, 0.5) is 5.69 Å². The predicted octanol–water partition coefficient (Wildman–Crippen LogP) is 3.02. The average molecular weight is 433 g/mol. The zero-order chi connectivity index (χ0) is 19.6. The molecule has 0 fully saturated rings. The molecular weight excluding hydrogens is 416 g/mol. The molecule has 0 bridgehead atoms. The highest BCUT2D eigenvalue weighted by Gasteiger charge is 2.08. The largest absolute Gasteiger partial charge is 0.352 e. The van der Waals surface area contributed by atoms with Crippen LogP contribution >= 0.6 is 15.9 Å². The number of hydrogen-bond donors (Lipinski definition) is 2. The third kappa shape index (κ3) is 6.63. The fraction of sp³-hybridized carbons (Fsp3) is 0.167. The second-order valence-corrected chi connectivity index (χ2v) is 6.34. The Morgan fingerprint density at radius 1 is 1.15 bits per heavy atom. The van der Waals surface area contributed by atoms with E-state index in [0.717, 1.165) is 0 Å². The molecule has 9 heteroatoms. The van der Waals surface area contributed by atoms with Gasteiger partial charge in [0.15, 0.2) is 0 Å². The number of rotatable bonds is 8. The smallest absolute Gasteiger partial charge is 0.269 e. The molecule has 0 unspecified atom stereocenters. The lowest BCUT2D eigenvalue weighted by molar-refractivity contribution is -0.384. The molecule has 0 aromatic heterocycles. The number of nitrogens with zero attached hydrogens (tertiary/aromatic N) is 2. The topological polar surface area (TPSA) is 114 Å². The van der Waals surface area contributed by atoms with E-state index in [1.165, 1.54) is 30.5 Å². The lowest BCUT2D eigenvalue weighted by Gasteiger charge is -2.06. The highest BCUT2D eigenvalue weighted by atomic mass is 79.9. The summed E-state index contributed by atoms with van der Waals surface area (Å²) in [6.07, 6.45) is 2.07. The Morgan fingerprint density at radius 2 is 1.85 bits per heavy atom. The number of non-ortho nitro benzene ring substituents is 1. The molecular formula is C18H17BrN4O4. The summed E-state index contributed by atoms with van der Waals surface area (Å²) in [6.45, 7) is 0.361. The van der Waals surface area contributed by atoms with Crippen molar-refractivity contribution >= 4 is 39.6 Å². The van der Waals surface area contributed by atoms with Gasteiger partial charge in [-0.15, -0.1) is 0 Å². The summed E-state index contributed by atoms with van der Waals surface area (Å²) < 4.78 is 0.709. The van der Waals surface area contributed by atoms with E-state index < -0.39 is 4.92 Å². The Bertz CT molecular complexity index is 853. The van der Waals surface area contributed by atoms with Gasteiger partial charge in [0.1, 0.15) is 0 Å². The molecule has 2 rings (SSSR count). The lowest BCUT2D eigenvalue weighted by atomic mass is 10.2. The minimum absolute atomic E-state index is 0.0132. The van der Waals surface area contributed by atoms with E-state index in [0.29, 0.717) is 28.6 Å². The summed E-state index contributed by atoms with van der Waals surface area (Å²) >= 11 is 3.31. The molecule has 0 aliphatic rings. The van der Waals surface area contributed by atoms with Gasteiger partial charge in [-0.3, -0.25) is 19.7 Å². The molecule has 2 aromatic rings. The standard InChI is InChI=1S/C18H17BrN4O4/c19-16-5-2-1-4-15(16)18(25)20-11-3-6-17(24)22-21-12-13-7-9-14(10-8-13)23(26)27/h1-2,4-5,7-10,12H,3,6,11H2,(H,20,25)(H,22,24)/b21-12+. The van der Waals surface area contributed by atoms with E-state index in [4.69, 9.17) is 0 Å². The number of carbonyl (C=O) groups excluding carboxylic acids is 2. The van der Waals surface area contributed by atoms with Crippen molar-refractivity contribution in [2.24, 2.45) is 5.10 Å². The van der Waals surface area contributed by atoms with Gasteiger partial charge in [-0.25, -0.2) is 5.43 Å². The fourth-order valence-corrected chi connectivity index (χ4v) is 2.57. The number of amides is 2. The molecule has 140 valence electrons. The number of hydrogen-bond acceptors (Lipinski definition) is 5. The third-order valence-corrected chi connectivity index (χ3v) is 4.18. The molecule has 8 nitrogen and oxygen atoms in total. The Morgan fingerprint density at radius 3 is 2.52 bits per heavy atom. The normalized spacial score (nSPS) is 10.6. The zero-order valence-electron chi connectivity index (χ0n) is 14.2. The Hall–Kier alpha value is -3.07. The summed E-state index contributed by atoms with van der Waals surface area (Å²) in [4.78, 5) is 33.8. The van der Waals surface area contributed by atoms with Gasteiger partial charge < -0.3 is 5.32 Å². The van der Waals surface area contributed by atoms with Crippen molar-refractivity contribution in [2.45, 2.75) is 12.8 Å². The molecule has 0 aliphatic carbocycles. The molecule has 0 aliphatic heterocycles. The Kier molecular flexibility index (Phi) is 7.63. The summed E-state index contributed by atoms with van der Waals surface area (Å²) in [7, 11) is 0. The molecule has 0 saturated carbocycles. The molecule has 27 heavy (non-hydrogen) atoms. The lowest BCUT2D eigenvalue weighted by Crippen LogP contribution is -2.26. The number of hydrazone groups is 1. The van der Waals surface area contributed by atoms with Crippen LogP contribution in [0.2, 0.25) is 0 Å². The SMILES string of the molecule is O=C(CCCNC(=O)c1ccccc1Br)N/N=C/c1ccc([N+](=O)[O-])cc1. The van der Waals surface area contributed by atoms with Gasteiger partial charge in [-0.05, 0) is 52.2 Å². The van der Waals surface area contributed by atoms with Crippen LogP contribution < -0.4 is 10.7 Å². The van der Waals surface area contributed by atoms with E-state index in [1.807, 2.05) is 6.07 Å². The average Bonchev–Trinajstić information content (AvgIpc) is 2.66. The molecule has 0 radical (unpaired) electrons. The van der Waals surface area contributed by atoms with Crippen LogP contribution in [0.1, 0.15) is 28.8 Å². The first kappa shape index (κ1) is 20.2. The number of nitro benzene ring substituents is 1. The highest BCUT2D eigenvalue weighted by Crippen LogP contribution is 2.15. The van der Waals surface area contributed by atoms with Crippen LogP contribution in [0.25, 0.3) is 0 Å². The first-order valence-electron chi connectivity index (χ1n) is 8.06. The molecule has 0 atom stereocenters. The van der Waals surface area contributed by atoms with Gasteiger partial charge in [0.05, 0.1) is 16.7 Å². The van der Waals surface area contributed by atoms with Gasteiger partial charge in [0, 0.05) is 29.6 Å². The van der Waals surface area contributed by atoms with Crippen molar-refractivity contribution in [2.75, 3.05) is 6.54 Å².